The Morgan fingerprint density at radius 1 is 1.00 bits per heavy atom. The van der Waals surface area contributed by atoms with E-state index in [0.717, 1.165) is 0 Å². The van der Waals surface area contributed by atoms with Gasteiger partial charge in [-0.3, -0.25) is 0 Å². The minimum Gasteiger partial charge on any atom is -0.374 e. The molecule has 3 nitrogen and oxygen atoms in total. The molecule has 0 amide bonds. The molecule has 0 atom stereocenters. The first-order valence-corrected chi connectivity index (χ1v) is 6.39. The van der Waals surface area contributed by atoms with Crippen molar-refractivity contribution >= 4 is 8.80 Å². The van der Waals surface area contributed by atoms with E-state index in [1.807, 2.05) is 20.8 Å². The first-order chi connectivity index (χ1) is 6.24. The molecule has 0 bridgehead atoms. The van der Waals surface area contributed by atoms with Crippen molar-refractivity contribution in [1.82, 2.24) is 0 Å². The maximum Gasteiger partial charge on any atom is 0.500 e. The van der Waals surface area contributed by atoms with E-state index in [-0.39, 0.29) is 0 Å². The predicted octanol–water partition coefficient (Wildman–Crippen LogP) is 2.05. The summed E-state index contributed by atoms with van der Waals surface area (Å²) >= 11 is 0. The van der Waals surface area contributed by atoms with Crippen molar-refractivity contribution in [3.8, 4) is 0 Å². The first-order valence-electron chi connectivity index (χ1n) is 5.16. The van der Waals surface area contributed by atoms with Crippen LogP contribution in [-0.2, 0) is 13.3 Å². The van der Waals surface area contributed by atoms with Gasteiger partial charge in [0.1, 0.15) is 0 Å². The van der Waals surface area contributed by atoms with Crippen LogP contribution in [0.3, 0.4) is 0 Å². The fourth-order valence-corrected chi connectivity index (χ4v) is 3.00. The van der Waals surface area contributed by atoms with Gasteiger partial charge in [-0.15, -0.1) is 0 Å². The molecule has 0 fully saturated rings. The summed E-state index contributed by atoms with van der Waals surface area (Å²) in [6.07, 6.45) is 0. The molecular formula is C8H20O3Si. The highest BCUT2D eigenvalue weighted by molar-refractivity contribution is 6.60. The fourth-order valence-electron chi connectivity index (χ4n) is 1.00. The Morgan fingerprint density at radius 2 is 1.42 bits per heavy atom. The van der Waals surface area contributed by atoms with Crippen LogP contribution in [0.5, 0.6) is 0 Å². The Labute approximate surface area is 77.8 Å². The summed E-state index contributed by atoms with van der Waals surface area (Å²) in [6.45, 7) is 7.83. The van der Waals surface area contributed by atoms with E-state index in [2.05, 4.69) is 0 Å². The molecule has 0 saturated heterocycles. The molecule has 0 spiro atoms. The van der Waals surface area contributed by atoms with E-state index >= 15 is 0 Å². The lowest BCUT2D eigenvalue weighted by atomic mass is 10.9. The SMILES string of the molecule is [2H]CC[Si](OCC)(OCC)OCC. The third kappa shape index (κ3) is 3.67. The van der Waals surface area contributed by atoms with Crippen LogP contribution in [0.25, 0.3) is 0 Å². The Hall–Kier alpha value is 0.0969. The van der Waals surface area contributed by atoms with Gasteiger partial charge in [-0.1, -0.05) is 6.90 Å². The first kappa shape index (κ1) is 10.2. The highest BCUT2D eigenvalue weighted by Crippen LogP contribution is 2.14. The monoisotopic (exact) mass is 193 g/mol. The molecule has 0 unspecified atom stereocenters. The van der Waals surface area contributed by atoms with Crippen LogP contribution in [0.1, 0.15) is 29.0 Å². The van der Waals surface area contributed by atoms with Crippen molar-refractivity contribution in [3.05, 3.63) is 0 Å². The molecule has 74 valence electrons. The van der Waals surface area contributed by atoms with Crippen molar-refractivity contribution in [2.24, 2.45) is 0 Å². The molecule has 0 radical (unpaired) electrons. The van der Waals surface area contributed by atoms with Gasteiger partial charge in [0.05, 0.1) is 0 Å². The summed E-state index contributed by atoms with van der Waals surface area (Å²) in [7, 11) is -2.48. The van der Waals surface area contributed by atoms with Gasteiger partial charge in [0.25, 0.3) is 0 Å². The fraction of sp³-hybridized carbons (Fsp3) is 1.00. The Bertz CT molecular complexity index is 94.4. The van der Waals surface area contributed by atoms with E-state index < -0.39 is 8.80 Å². The molecule has 0 aliphatic carbocycles. The minimum atomic E-state index is -2.48. The Balaban J connectivity index is 4.19. The zero-order valence-corrected chi connectivity index (χ0v) is 9.26. The van der Waals surface area contributed by atoms with Crippen molar-refractivity contribution in [1.29, 1.82) is 0 Å². The summed E-state index contributed by atoms with van der Waals surface area (Å²) in [5.74, 6) is 0. The van der Waals surface area contributed by atoms with E-state index in [4.69, 9.17) is 14.6 Å². The number of hydrogen-bond acceptors (Lipinski definition) is 3. The molecule has 12 heavy (non-hydrogen) atoms. The molecule has 0 N–H and O–H groups in total. The summed E-state index contributed by atoms with van der Waals surface area (Å²) < 4.78 is 23.8. The molecular weight excluding hydrogens is 172 g/mol. The lowest BCUT2D eigenvalue weighted by Gasteiger charge is -2.26. The van der Waals surface area contributed by atoms with Crippen molar-refractivity contribution in [2.75, 3.05) is 19.8 Å². The highest BCUT2D eigenvalue weighted by atomic mass is 28.4. The van der Waals surface area contributed by atoms with Gasteiger partial charge in [0.2, 0.25) is 0 Å². The van der Waals surface area contributed by atoms with Crippen LogP contribution in [0, 0.1) is 0 Å². The minimum absolute atomic E-state index is 0.298. The second-order valence-electron chi connectivity index (χ2n) is 2.23. The van der Waals surface area contributed by atoms with Crippen LogP contribution in [0.15, 0.2) is 0 Å². The predicted molar refractivity (Wildman–Crippen MR) is 51.1 cm³/mol. The van der Waals surface area contributed by atoms with E-state index in [1.54, 1.807) is 0 Å². The van der Waals surface area contributed by atoms with E-state index in [9.17, 15) is 0 Å². The van der Waals surface area contributed by atoms with Crippen LogP contribution in [-0.4, -0.2) is 28.6 Å². The van der Waals surface area contributed by atoms with Crippen LogP contribution >= 0.6 is 0 Å². The lowest BCUT2D eigenvalue weighted by molar-refractivity contribution is 0.0725. The zero-order chi connectivity index (χ0) is 10.2. The van der Waals surface area contributed by atoms with Crippen molar-refractivity contribution in [3.63, 3.8) is 0 Å². The molecule has 0 rings (SSSR count). The molecule has 0 aromatic carbocycles. The average molecular weight is 193 g/mol. The highest BCUT2D eigenvalue weighted by Gasteiger charge is 2.37. The second-order valence-corrected chi connectivity index (χ2v) is 4.96. The third-order valence-electron chi connectivity index (χ3n) is 1.40. The van der Waals surface area contributed by atoms with Gasteiger partial charge in [-0.05, 0) is 20.8 Å². The topological polar surface area (TPSA) is 27.7 Å². The molecule has 4 heteroatoms. The van der Waals surface area contributed by atoms with Crippen LogP contribution in [0.4, 0.5) is 0 Å². The van der Waals surface area contributed by atoms with Gasteiger partial charge in [-0.2, -0.15) is 0 Å². The van der Waals surface area contributed by atoms with Crippen molar-refractivity contribution in [2.45, 2.75) is 33.7 Å². The smallest absolute Gasteiger partial charge is 0.374 e. The number of hydrogen-bond donors (Lipinski definition) is 0. The Morgan fingerprint density at radius 3 is 1.67 bits per heavy atom. The summed E-state index contributed by atoms with van der Waals surface area (Å²) in [4.78, 5) is 0. The summed E-state index contributed by atoms with van der Waals surface area (Å²) in [6, 6.07) is 0.586. The Kier molecular flexibility index (Phi) is 5.59. The number of rotatable bonds is 7. The normalized spacial score (nSPS) is 13.1. The van der Waals surface area contributed by atoms with Gasteiger partial charge in [0.15, 0.2) is 0 Å². The summed E-state index contributed by atoms with van der Waals surface area (Å²) in [5, 5.41) is 0. The van der Waals surface area contributed by atoms with Gasteiger partial charge in [-0.25, -0.2) is 0 Å². The third-order valence-corrected chi connectivity index (χ3v) is 4.20. The van der Waals surface area contributed by atoms with Gasteiger partial charge < -0.3 is 13.3 Å². The lowest BCUT2D eigenvalue weighted by Crippen LogP contribution is -2.45. The van der Waals surface area contributed by atoms with Crippen LogP contribution < -0.4 is 0 Å². The summed E-state index contributed by atoms with van der Waals surface area (Å²) in [5.41, 5.74) is 0. The molecule has 0 aromatic heterocycles. The molecule has 0 aromatic rings. The molecule has 0 heterocycles. The van der Waals surface area contributed by atoms with E-state index in [0.29, 0.717) is 32.8 Å². The average Bonchev–Trinajstić information content (AvgIpc) is 2.06. The van der Waals surface area contributed by atoms with Gasteiger partial charge in [0, 0.05) is 27.2 Å². The molecule has 0 aliphatic rings. The molecule has 0 saturated carbocycles. The van der Waals surface area contributed by atoms with E-state index in [1.165, 1.54) is 0 Å². The van der Waals surface area contributed by atoms with Crippen LogP contribution in [0.2, 0.25) is 6.04 Å². The standard InChI is InChI=1S/C8H20O3Si/c1-5-9-12(8-4,10-6-2)11-7-3/h5-8H2,1-4H3/i4D. The van der Waals surface area contributed by atoms with Crippen molar-refractivity contribution < 1.29 is 14.6 Å². The molecule has 0 aliphatic heterocycles. The quantitative estimate of drug-likeness (QED) is 0.579. The maximum absolute atomic E-state index is 7.19. The largest absolute Gasteiger partial charge is 0.500 e. The van der Waals surface area contributed by atoms with Gasteiger partial charge >= 0.3 is 8.80 Å². The zero-order valence-electron chi connectivity index (χ0n) is 9.26. The second kappa shape index (κ2) is 6.60. The maximum atomic E-state index is 7.19.